The molecule has 2 aliphatic rings. The molecule has 27 heavy (non-hydrogen) atoms. The van der Waals surface area contributed by atoms with Crippen molar-refractivity contribution in [3.63, 3.8) is 0 Å². The predicted octanol–water partition coefficient (Wildman–Crippen LogP) is 4.03. The number of rotatable bonds is 3. The molecule has 1 aliphatic carbocycles. The van der Waals surface area contributed by atoms with Crippen molar-refractivity contribution in [3.05, 3.63) is 59.4 Å². The third-order valence-corrected chi connectivity index (χ3v) is 6.29. The first-order chi connectivity index (χ1) is 13.0. The maximum absolute atomic E-state index is 6.73. The highest BCUT2D eigenvalue weighted by molar-refractivity contribution is 5.35. The largest absolute Gasteiger partial charge is 0.486 e. The zero-order valence-electron chi connectivity index (χ0n) is 16.8. The molecular formula is C23H31N3O. The lowest BCUT2D eigenvalue weighted by Crippen LogP contribution is -2.50. The molecule has 0 atom stereocenters. The molecule has 4 nitrogen and oxygen atoms in total. The van der Waals surface area contributed by atoms with Gasteiger partial charge in [0, 0.05) is 37.4 Å². The second-order valence-corrected chi connectivity index (χ2v) is 8.50. The number of fused-ring (bicyclic) bond motifs is 1. The van der Waals surface area contributed by atoms with E-state index in [0.717, 1.165) is 38.2 Å². The Balaban J connectivity index is 1.60. The smallest absolute Gasteiger partial charge is 0.124 e. The molecule has 1 spiro atoms. The molecule has 0 N–H and O–H groups in total. The summed E-state index contributed by atoms with van der Waals surface area (Å²) >= 11 is 0. The molecule has 0 unspecified atom stereocenters. The number of para-hydroxylation sites is 1. The highest BCUT2D eigenvalue weighted by Crippen LogP contribution is 2.39. The van der Waals surface area contributed by atoms with E-state index < -0.39 is 0 Å². The van der Waals surface area contributed by atoms with Crippen LogP contribution in [0.3, 0.4) is 0 Å². The highest BCUT2D eigenvalue weighted by atomic mass is 16.5. The van der Waals surface area contributed by atoms with E-state index in [9.17, 15) is 0 Å². The lowest BCUT2D eigenvalue weighted by atomic mass is 9.81. The molecule has 1 saturated carbocycles. The zero-order chi connectivity index (χ0) is 18.9. The van der Waals surface area contributed by atoms with Gasteiger partial charge in [0.25, 0.3) is 0 Å². The van der Waals surface area contributed by atoms with Crippen LogP contribution in [-0.2, 0) is 13.1 Å². The monoisotopic (exact) mass is 365 g/mol. The maximum Gasteiger partial charge on any atom is 0.124 e. The van der Waals surface area contributed by atoms with Gasteiger partial charge < -0.3 is 9.64 Å². The van der Waals surface area contributed by atoms with Crippen LogP contribution in [0.15, 0.2) is 42.6 Å². The van der Waals surface area contributed by atoms with E-state index in [0.29, 0.717) is 6.04 Å². The Labute approximate surface area is 163 Å². The Hall–Kier alpha value is -1.91. The predicted molar refractivity (Wildman–Crippen MR) is 109 cm³/mol. The number of hydrogen-bond donors (Lipinski definition) is 0. The van der Waals surface area contributed by atoms with Crippen molar-refractivity contribution in [2.75, 3.05) is 20.6 Å². The summed E-state index contributed by atoms with van der Waals surface area (Å²) in [6.45, 7) is 4.93. The first-order valence-electron chi connectivity index (χ1n) is 10.1. The van der Waals surface area contributed by atoms with Gasteiger partial charge in [-0.05, 0) is 64.4 Å². The van der Waals surface area contributed by atoms with Crippen LogP contribution in [0.25, 0.3) is 0 Å². The number of nitrogens with zero attached hydrogens (tertiary/aromatic N) is 3. The van der Waals surface area contributed by atoms with Crippen molar-refractivity contribution >= 4 is 0 Å². The molecule has 2 heterocycles. The minimum atomic E-state index is -0.0815. The van der Waals surface area contributed by atoms with Crippen LogP contribution >= 0.6 is 0 Å². The summed E-state index contributed by atoms with van der Waals surface area (Å²) in [5.74, 6) is 1.07. The fourth-order valence-electron chi connectivity index (χ4n) is 4.62. The van der Waals surface area contributed by atoms with Crippen molar-refractivity contribution < 1.29 is 4.74 Å². The second kappa shape index (κ2) is 7.61. The Morgan fingerprint density at radius 3 is 2.67 bits per heavy atom. The molecule has 1 aliphatic heterocycles. The first kappa shape index (κ1) is 18.5. The van der Waals surface area contributed by atoms with E-state index in [4.69, 9.17) is 4.74 Å². The lowest BCUT2D eigenvalue weighted by molar-refractivity contribution is -0.0137. The minimum absolute atomic E-state index is 0.0815. The molecule has 2 aromatic rings. The molecular weight excluding hydrogens is 334 g/mol. The van der Waals surface area contributed by atoms with Crippen LogP contribution in [0.4, 0.5) is 0 Å². The van der Waals surface area contributed by atoms with Gasteiger partial charge >= 0.3 is 0 Å². The maximum atomic E-state index is 6.73. The van der Waals surface area contributed by atoms with Gasteiger partial charge in [-0.3, -0.25) is 9.88 Å². The molecule has 0 saturated heterocycles. The third-order valence-electron chi connectivity index (χ3n) is 6.29. The minimum Gasteiger partial charge on any atom is -0.486 e. The van der Waals surface area contributed by atoms with E-state index in [-0.39, 0.29) is 5.60 Å². The number of aryl methyl sites for hydroxylation is 1. The fraction of sp³-hybridized carbons (Fsp3) is 0.522. The Morgan fingerprint density at radius 2 is 1.93 bits per heavy atom. The average molecular weight is 366 g/mol. The molecule has 1 fully saturated rings. The Morgan fingerprint density at radius 1 is 1.15 bits per heavy atom. The zero-order valence-corrected chi connectivity index (χ0v) is 16.8. The van der Waals surface area contributed by atoms with Gasteiger partial charge in [0.15, 0.2) is 0 Å². The summed E-state index contributed by atoms with van der Waals surface area (Å²) in [6.07, 6.45) is 6.53. The summed E-state index contributed by atoms with van der Waals surface area (Å²) in [6, 6.07) is 13.4. The lowest BCUT2D eigenvalue weighted by Gasteiger charge is -2.43. The fourth-order valence-corrected chi connectivity index (χ4v) is 4.62. The van der Waals surface area contributed by atoms with Gasteiger partial charge in [-0.15, -0.1) is 0 Å². The molecule has 1 aromatic heterocycles. The summed E-state index contributed by atoms with van der Waals surface area (Å²) in [7, 11) is 4.39. The normalized spacial score (nSPS) is 25.9. The summed E-state index contributed by atoms with van der Waals surface area (Å²) in [5, 5.41) is 0. The van der Waals surface area contributed by atoms with Crippen LogP contribution in [0, 0.1) is 6.92 Å². The SMILES string of the molecule is Cc1cccnc1CN1Cc2ccccc2OC2(CCC(N(C)C)CC2)C1. The number of benzene rings is 1. The van der Waals surface area contributed by atoms with Gasteiger partial charge in [-0.1, -0.05) is 24.3 Å². The summed E-state index contributed by atoms with van der Waals surface area (Å²) in [5.41, 5.74) is 3.65. The number of pyridine rings is 1. The quantitative estimate of drug-likeness (QED) is 0.821. The van der Waals surface area contributed by atoms with E-state index in [1.807, 2.05) is 12.3 Å². The first-order valence-corrected chi connectivity index (χ1v) is 10.1. The Bertz CT molecular complexity index is 781. The number of ether oxygens (including phenoxy) is 1. The van der Waals surface area contributed by atoms with Gasteiger partial charge in [0.05, 0.1) is 5.69 Å². The molecule has 1 aromatic carbocycles. The van der Waals surface area contributed by atoms with Gasteiger partial charge in [-0.2, -0.15) is 0 Å². The van der Waals surface area contributed by atoms with Crippen molar-refractivity contribution in [3.8, 4) is 5.75 Å². The van der Waals surface area contributed by atoms with Crippen LogP contribution in [0.2, 0.25) is 0 Å². The van der Waals surface area contributed by atoms with Crippen molar-refractivity contribution in [2.24, 2.45) is 0 Å². The molecule has 4 rings (SSSR count). The molecule has 144 valence electrons. The van der Waals surface area contributed by atoms with Crippen LogP contribution < -0.4 is 4.74 Å². The number of aromatic nitrogens is 1. The Kier molecular flexibility index (Phi) is 5.20. The highest BCUT2D eigenvalue weighted by Gasteiger charge is 2.41. The standard InChI is InChI=1S/C23H31N3O/c1-18-7-6-14-24-21(18)16-26-15-19-8-4-5-9-22(19)27-23(17-26)12-10-20(11-13-23)25(2)3/h4-9,14,20H,10-13,15-17H2,1-3H3. The third kappa shape index (κ3) is 4.02. The summed E-state index contributed by atoms with van der Waals surface area (Å²) < 4.78 is 6.73. The van der Waals surface area contributed by atoms with E-state index >= 15 is 0 Å². The molecule has 0 radical (unpaired) electrons. The van der Waals surface area contributed by atoms with Crippen LogP contribution in [0.5, 0.6) is 5.75 Å². The van der Waals surface area contributed by atoms with Crippen LogP contribution in [-0.4, -0.2) is 47.1 Å². The molecule has 0 amide bonds. The van der Waals surface area contributed by atoms with E-state index in [1.165, 1.54) is 29.7 Å². The van der Waals surface area contributed by atoms with Crippen molar-refractivity contribution in [2.45, 2.75) is 57.3 Å². The van der Waals surface area contributed by atoms with Gasteiger partial charge in [-0.25, -0.2) is 0 Å². The van der Waals surface area contributed by atoms with E-state index in [2.05, 4.69) is 66.1 Å². The number of hydrogen-bond acceptors (Lipinski definition) is 4. The van der Waals surface area contributed by atoms with Crippen molar-refractivity contribution in [1.29, 1.82) is 0 Å². The van der Waals surface area contributed by atoms with Crippen LogP contribution in [0.1, 0.15) is 42.5 Å². The molecule has 4 heteroatoms. The second-order valence-electron chi connectivity index (χ2n) is 8.50. The molecule has 0 bridgehead atoms. The topological polar surface area (TPSA) is 28.6 Å². The summed E-state index contributed by atoms with van der Waals surface area (Å²) in [4.78, 5) is 9.55. The van der Waals surface area contributed by atoms with Gasteiger partial charge in [0.1, 0.15) is 11.4 Å². The van der Waals surface area contributed by atoms with E-state index in [1.54, 1.807) is 0 Å². The van der Waals surface area contributed by atoms with Crippen molar-refractivity contribution in [1.82, 2.24) is 14.8 Å². The van der Waals surface area contributed by atoms with Gasteiger partial charge in [0.2, 0.25) is 0 Å². The average Bonchev–Trinajstić information content (AvgIpc) is 2.80.